The number of amides is 3. The molecule has 180 valence electrons. The zero-order chi connectivity index (χ0) is 23.6. The highest BCUT2D eigenvalue weighted by Gasteiger charge is 2.64. The lowest BCUT2D eigenvalue weighted by molar-refractivity contribution is -0.189. The van der Waals surface area contributed by atoms with Crippen LogP contribution in [0.3, 0.4) is 0 Å². The first-order chi connectivity index (χ1) is 15.1. The summed E-state index contributed by atoms with van der Waals surface area (Å²) in [5, 5.41) is 11.3. The number of hydrogen-bond acceptors (Lipinski definition) is 8. The third-order valence-corrected chi connectivity index (χ3v) is 8.27. The van der Waals surface area contributed by atoms with E-state index in [-0.39, 0.29) is 43.5 Å². The van der Waals surface area contributed by atoms with Gasteiger partial charge in [0.1, 0.15) is 17.8 Å². The summed E-state index contributed by atoms with van der Waals surface area (Å²) in [6.45, 7) is 13.0. The monoisotopic (exact) mass is 470 g/mol. The molecule has 0 aliphatic carbocycles. The lowest BCUT2D eigenvalue weighted by Gasteiger charge is -2.39. The smallest absolute Gasteiger partial charge is 0.326 e. The van der Waals surface area contributed by atoms with E-state index in [0.29, 0.717) is 13.0 Å². The van der Waals surface area contributed by atoms with Gasteiger partial charge < -0.3 is 18.5 Å². The van der Waals surface area contributed by atoms with E-state index in [4.69, 9.17) is 23.8 Å². The molecule has 3 aliphatic rings. The molecule has 0 aromatic heterocycles. The molecule has 32 heavy (non-hydrogen) atoms. The molecular weight excluding hydrogens is 435 g/mol. The van der Waals surface area contributed by atoms with E-state index < -0.39 is 38.6 Å². The summed E-state index contributed by atoms with van der Waals surface area (Å²) in [6.07, 6.45) is -0.668. The van der Waals surface area contributed by atoms with Gasteiger partial charge in [-0.05, 0) is 34.1 Å². The second-order valence-corrected chi connectivity index (χ2v) is 10.5. The van der Waals surface area contributed by atoms with Crippen LogP contribution in [0.2, 0.25) is 0 Å². The number of nitrogens with one attached hydrogen (secondary N) is 1. The van der Waals surface area contributed by atoms with E-state index in [1.807, 2.05) is 6.92 Å². The lowest BCUT2D eigenvalue weighted by atomic mass is 9.96. The van der Waals surface area contributed by atoms with Crippen molar-refractivity contribution in [2.24, 2.45) is 5.92 Å². The minimum atomic E-state index is -1.49. The molecule has 3 fully saturated rings. The van der Waals surface area contributed by atoms with Crippen LogP contribution in [-0.4, -0.2) is 77.4 Å². The second-order valence-electron chi connectivity index (χ2n) is 9.12. The third-order valence-electron chi connectivity index (χ3n) is 6.15. The molecule has 2 bridgehead atoms. The molecule has 3 aliphatic heterocycles. The highest BCUT2D eigenvalue weighted by Crippen LogP contribution is 2.54. The van der Waals surface area contributed by atoms with Crippen LogP contribution in [0.5, 0.6) is 0 Å². The number of fused-ring (bicyclic) bond motifs is 2. The number of nitrogens with zero attached hydrogens (tertiary/aromatic N) is 3. The first-order valence-electron chi connectivity index (χ1n) is 11.3. The van der Waals surface area contributed by atoms with Crippen molar-refractivity contribution in [2.75, 3.05) is 19.8 Å². The van der Waals surface area contributed by atoms with Crippen molar-refractivity contribution in [1.82, 2.24) is 14.9 Å². The van der Waals surface area contributed by atoms with E-state index in [9.17, 15) is 9.59 Å². The van der Waals surface area contributed by atoms with Crippen LogP contribution in [-0.2, 0) is 23.3 Å². The van der Waals surface area contributed by atoms with Crippen molar-refractivity contribution >= 4 is 20.5 Å². The Bertz CT molecular complexity index is 738. The van der Waals surface area contributed by atoms with Crippen LogP contribution in [0.15, 0.2) is 0 Å². The van der Waals surface area contributed by atoms with Crippen LogP contribution >= 0.6 is 8.53 Å². The number of nitriles is 1. The maximum atomic E-state index is 12.6. The SMILES string of the molecule is CC[C@]12CO[C@@H](C1OP(OCCC#N)N(C(C)C)C(C)C)[C@H](N1CC(C)C(=O)NC1=O)O2. The van der Waals surface area contributed by atoms with Gasteiger partial charge in [0.15, 0.2) is 6.23 Å². The number of imide groups is 1. The zero-order valence-corrected chi connectivity index (χ0v) is 20.6. The summed E-state index contributed by atoms with van der Waals surface area (Å²) >= 11 is 0. The van der Waals surface area contributed by atoms with Gasteiger partial charge in [-0.15, -0.1) is 0 Å². The Morgan fingerprint density at radius 1 is 1.34 bits per heavy atom. The van der Waals surface area contributed by atoms with Crippen LogP contribution in [0.4, 0.5) is 4.79 Å². The molecule has 1 N–H and O–H groups in total. The van der Waals surface area contributed by atoms with Crippen molar-refractivity contribution in [3.63, 3.8) is 0 Å². The summed E-state index contributed by atoms with van der Waals surface area (Å²) in [5.74, 6) is -0.622. The predicted octanol–water partition coefficient (Wildman–Crippen LogP) is 2.74. The van der Waals surface area contributed by atoms with Gasteiger partial charge in [-0.25, -0.2) is 9.46 Å². The van der Waals surface area contributed by atoms with Gasteiger partial charge in [-0.3, -0.25) is 15.0 Å². The minimum absolute atomic E-state index is 0.164. The van der Waals surface area contributed by atoms with E-state index >= 15 is 0 Å². The Labute approximate surface area is 191 Å². The van der Waals surface area contributed by atoms with Crippen LogP contribution in [0.1, 0.15) is 54.4 Å². The van der Waals surface area contributed by atoms with E-state index in [1.54, 1.807) is 6.92 Å². The molecule has 6 atom stereocenters. The first-order valence-corrected chi connectivity index (χ1v) is 12.4. The van der Waals surface area contributed by atoms with E-state index in [0.717, 1.165) is 0 Å². The quantitative estimate of drug-likeness (QED) is 0.383. The normalized spacial score (nSPS) is 33.3. The van der Waals surface area contributed by atoms with Crippen molar-refractivity contribution in [3.8, 4) is 6.07 Å². The van der Waals surface area contributed by atoms with Gasteiger partial charge in [-0.1, -0.05) is 13.8 Å². The largest absolute Gasteiger partial charge is 0.368 e. The molecule has 0 spiro atoms. The number of carbonyl (C=O) groups excluding carboxylic acids is 2. The average molecular weight is 471 g/mol. The summed E-state index contributed by atoms with van der Waals surface area (Å²) < 4.78 is 27.4. The van der Waals surface area contributed by atoms with Crippen molar-refractivity contribution < 1.29 is 28.1 Å². The van der Waals surface area contributed by atoms with Gasteiger partial charge in [0.05, 0.1) is 31.6 Å². The zero-order valence-electron chi connectivity index (χ0n) is 19.7. The molecule has 11 heteroatoms. The van der Waals surface area contributed by atoms with Gasteiger partial charge in [0, 0.05) is 18.6 Å². The predicted molar refractivity (Wildman–Crippen MR) is 117 cm³/mol. The van der Waals surface area contributed by atoms with Crippen LogP contribution in [0, 0.1) is 17.2 Å². The topological polar surface area (TPSA) is 113 Å². The Morgan fingerprint density at radius 2 is 2.03 bits per heavy atom. The van der Waals surface area contributed by atoms with Gasteiger partial charge in [-0.2, -0.15) is 5.26 Å². The maximum absolute atomic E-state index is 12.6. The van der Waals surface area contributed by atoms with Crippen molar-refractivity contribution in [1.29, 1.82) is 5.26 Å². The number of ether oxygens (including phenoxy) is 2. The molecule has 0 aromatic rings. The molecule has 10 nitrogen and oxygen atoms in total. The van der Waals surface area contributed by atoms with E-state index in [1.165, 1.54) is 4.90 Å². The fourth-order valence-electron chi connectivity index (χ4n) is 4.50. The minimum Gasteiger partial charge on any atom is -0.368 e. The number of urea groups is 1. The lowest BCUT2D eigenvalue weighted by Crippen LogP contribution is -2.60. The number of carbonyl (C=O) groups is 2. The molecule has 0 saturated carbocycles. The number of rotatable bonds is 10. The third kappa shape index (κ3) is 4.79. The van der Waals surface area contributed by atoms with Crippen LogP contribution < -0.4 is 5.32 Å². The van der Waals surface area contributed by atoms with E-state index in [2.05, 4.69) is 43.8 Å². The molecule has 0 radical (unpaired) electrons. The maximum Gasteiger partial charge on any atom is 0.326 e. The van der Waals surface area contributed by atoms with Crippen LogP contribution in [0.25, 0.3) is 0 Å². The van der Waals surface area contributed by atoms with Gasteiger partial charge in [0.25, 0.3) is 8.53 Å². The number of hydrogen-bond donors (Lipinski definition) is 1. The van der Waals surface area contributed by atoms with Crippen molar-refractivity contribution in [2.45, 2.75) is 90.5 Å². The molecule has 3 unspecified atom stereocenters. The Kier molecular flexibility index (Phi) is 8.13. The fourth-order valence-corrected chi connectivity index (χ4v) is 6.31. The molecule has 0 aromatic carbocycles. The summed E-state index contributed by atoms with van der Waals surface area (Å²) in [5.41, 5.74) is -0.709. The Balaban J connectivity index is 1.84. The Hall–Kier alpha value is -1.34. The average Bonchev–Trinajstić information content (AvgIpc) is 3.22. The molecule has 3 rings (SSSR count). The molecule has 3 amide bonds. The fraction of sp³-hybridized carbons (Fsp3) is 0.857. The van der Waals surface area contributed by atoms with Gasteiger partial charge >= 0.3 is 6.03 Å². The first kappa shape index (κ1) is 25.3. The molecular formula is C21H35N4O6P. The molecule has 3 saturated heterocycles. The summed E-state index contributed by atoms with van der Waals surface area (Å²) in [4.78, 5) is 26.0. The summed E-state index contributed by atoms with van der Waals surface area (Å²) in [7, 11) is -1.49. The van der Waals surface area contributed by atoms with Gasteiger partial charge in [0.2, 0.25) is 5.91 Å². The highest BCUT2D eigenvalue weighted by molar-refractivity contribution is 7.44. The summed E-state index contributed by atoms with van der Waals surface area (Å²) in [6, 6.07) is 1.96. The highest BCUT2D eigenvalue weighted by atomic mass is 31.2. The van der Waals surface area contributed by atoms with Crippen molar-refractivity contribution in [3.05, 3.63) is 0 Å². The Morgan fingerprint density at radius 3 is 2.62 bits per heavy atom. The second kappa shape index (κ2) is 10.3. The standard InChI is InChI=1S/C21H35N4O6P/c1-7-21-12-28-16(19(30-21)24-11-15(6)18(26)23-20(24)27)17(21)31-32(29-10-8-9-22)25(13(2)3)14(4)5/h13-17,19H,7-8,10-12H2,1-6H3,(H,23,26,27)/t15?,16-,17?,19+,21-,32?/m0/s1. The molecule has 3 heterocycles.